The molecule has 0 spiro atoms. The number of rotatable bonds is 0. The van der Waals surface area contributed by atoms with E-state index >= 15 is 0 Å². The average molecular weight is 268 g/mol. The van der Waals surface area contributed by atoms with E-state index in [4.69, 9.17) is 0 Å². The first-order valence-electron chi connectivity index (χ1n) is 7.22. The minimum Gasteiger partial charge on any atom is -0.354 e. The largest absolute Gasteiger partial charge is 0.354 e. The van der Waals surface area contributed by atoms with E-state index in [1.165, 1.54) is 0 Å². The van der Waals surface area contributed by atoms with Crippen LogP contribution in [-0.2, 0) is 9.59 Å². The van der Waals surface area contributed by atoms with Gasteiger partial charge < -0.3 is 20.4 Å². The quantitative estimate of drug-likeness (QED) is 0.554. The molecule has 3 fully saturated rings. The molecule has 0 aliphatic carbocycles. The van der Waals surface area contributed by atoms with Crippen molar-refractivity contribution in [2.24, 2.45) is 0 Å². The normalized spacial score (nSPS) is 30.9. The van der Waals surface area contributed by atoms with Gasteiger partial charge in [0.15, 0.2) is 0 Å². The second kappa shape index (κ2) is 7.45. The van der Waals surface area contributed by atoms with Gasteiger partial charge in [-0.3, -0.25) is 9.59 Å². The zero-order valence-electron chi connectivity index (χ0n) is 11.5. The summed E-state index contributed by atoms with van der Waals surface area (Å²) in [6.07, 6.45) is 2.25. The van der Waals surface area contributed by atoms with E-state index < -0.39 is 0 Å². The summed E-state index contributed by atoms with van der Waals surface area (Å²) in [6, 6.07) is 0. The van der Waals surface area contributed by atoms with Crippen LogP contribution in [0.1, 0.15) is 19.3 Å². The summed E-state index contributed by atoms with van der Waals surface area (Å²) in [4.78, 5) is 27.9. The first-order chi connectivity index (χ1) is 9.24. The van der Waals surface area contributed by atoms with Gasteiger partial charge in [-0.25, -0.2) is 0 Å². The lowest BCUT2D eigenvalue weighted by atomic mass is 10.2. The Hall–Kier alpha value is -1.14. The third-order valence-electron chi connectivity index (χ3n) is 3.72. The Bertz CT molecular complexity index is 284. The first-order valence-corrected chi connectivity index (χ1v) is 7.22. The molecule has 2 bridgehead atoms. The van der Waals surface area contributed by atoms with Crippen LogP contribution in [0, 0.1) is 0 Å². The molecule has 0 saturated carbocycles. The number of carbonyl (C=O) groups excluding carboxylic acids is 2. The lowest BCUT2D eigenvalue weighted by Crippen LogP contribution is -2.44. The number of amides is 2. The molecule has 6 heteroatoms. The Morgan fingerprint density at radius 2 is 1.11 bits per heavy atom. The molecular formula is C13H24N4O2. The van der Waals surface area contributed by atoms with E-state index in [0.717, 1.165) is 52.1 Å². The predicted molar refractivity (Wildman–Crippen MR) is 72.8 cm³/mol. The van der Waals surface area contributed by atoms with Gasteiger partial charge in [-0.1, -0.05) is 0 Å². The lowest BCUT2D eigenvalue weighted by molar-refractivity contribution is -0.129. The van der Waals surface area contributed by atoms with Crippen LogP contribution in [0.5, 0.6) is 0 Å². The zero-order valence-corrected chi connectivity index (χ0v) is 11.5. The zero-order chi connectivity index (χ0) is 13.5. The van der Waals surface area contributed by atoms with Gasteiger partial charge >= 0.3 is 0 Å². The monoisotopic (exact) mass is 268 g/mol. The van der Waals surface area contributed by atoms with Crippen LogP contribution in [0.2, 0.25) is 0 Å². The standard InChI is InChI=1S/C13H24N4O2/c18-12-11-13(19)15-4-10-17-6-1-5-16(7-2-8-17)9-3-14-12/h1-11H2,(H,14,18)(H,15,19). The number of fused-ring (bicyclic) bond motifs is 12. The topological polar surface area (TPSA) is 64.7 Å². The van der Waals surface area contributed by atoms with Gasteiger partial charge in [-0.2, -0.15) is 0 Å². The van der Waals surface area contributed by atoms with Gasteiger partial charge in [0.25, 0.3) is 0 Å². The van der Waals surface area contributed by atoms with E-state index in [1.54, 1.807) is 0 Å². The second-order valence-corrected chi connectivity index (χ2v) is 5.27. The summed E-state index contributed by atoms with van der Waals surface area (Å²) >= 11 is 0. The molecule has 3 heterocycles. The van der Waals surface area contributed by atoms with Crippen molar-refractivity contribution in [2.75, 3.05) is 52.4 Å². The molecule has 19 heavy (non-hydrogen) atoms. The van der Waals surface area contributed by atoms with Crippen LogP contribution < -0.4 is 10.6 Å². The van der Waals surface area contributed by atoms with Gasteiger partial charge in [0.1, 0.15) is 6.42 Å². The van der Waals surface area contributed by atoms with Crippen LogP contribution in [0.4, 0.5) is 0 Å². The molecule has 0 aromatic rings. The number of nitrogens with one attached hydrogen (secondary N) is 2. The van der Waals surface area contributed by atoms with E-state index in [1.807, 2.05) is 0 Å². The van der Waals surface area contributed by atoms with Crippen molar-refractivity contribution >= 4 is 11.8 Å². The maximum Gasteiger partial charge on any atom is 0.229 e. The van der Waals surface area contributed by atoms with Crippen LogP contribution >= 0.6 is 0 Å². The molecule has 0 radical (unpaired) electrons. The Kier molecular flexibility index (Phi) is 5.60. The summed E-state index contributed by atoms with van der Waals surface area (Å²) in [7, 11) is 0. The molecule has 2 amide bonds. The van der Waals surface area contributed by atoms with Crippen molar-refractivity contribution in [3.8, 4) is 0 Å². The van der Waals surface area contributed by atoms with E-state index in [2.05, 4.69) is 20.4 Å². The van der Waals surface area contributed by atoms with Crippen molar-refractivity contribution in [1.82, 2.24) is 20.4 Å². The molecule has 0 unspecified atom stereocenters. The van der Waals surface area contributed by atoms with Crippen LogP contribution in [0.25, 0.3) is 0 Å². The van der Waals surface area contributed by atoms with E-state index in [0.29, 0.717) is 13.1 Å². The number of carbonyl (C=O) groups is 2. The predicted octanol–water partition coefficient (Wildman–Crippen LogP) is -0.980. The Labute approximate surface area is 114 Å². The van der Waals surface area contributed by atoms with Gasteiger partial charge in [-0.15, -0.1) is 0 Å². The smallest absolute Gasteiger partial charge is 0.229 e. The summed E-state index contributed by atoms with van der Waals surface area (Å²) in [5.41, 5.74) is 0. The Morgan fingerprint density at radius 3 is 1.53 bits per heavy atom. The highest BCUT2D eigenvalue weighted by Gasteiger charge is 2.15. The molecule has 6 nitrogen and oxygen atoms in total. The molecule has 3 rings (SSSR count). The van der Waals surface area contributed by atoms with Gasteiger partial charge in [0, 0.05) is 26.2 Å². The SMILES string of the molecule is O=C1CC(=O)NCCN2CCCN(CCC2)CCN1. The Balaban J connectivity index is 1.92. The third kappa shape index (κ3) is 5.16. The van der Waals surface area contributed by atoms with Crippen LogP contribution in [-0.4, -0.2) is 74.0 Å². The molecule has 0 aromatic carbocycles. The molecule has 108 valence electrons. The molecule has 3 aliphatic rings. The van der Waals surface area contributed by atoms with Crippen molar-refractivity contribution in [3.05, 3.63) is 0 Å². The molecular weight excluding hydrogens is 244 g/mol. The Morgan fingerprint density at radius 1 is 0.684 bits per heavy atom. The maximum atomic E-state index is 11.5. The first kappa shape index (κ1) is 14.3. The van der Waals surface area contributed by atoms with Gasteiger partial charge in [-0.05, 0) is 39.0 Å². The lowest BCUT2D eigenvalue weighted by Gasteiger charge is -2.30. The third-order valence-corrected chi connectivity index (χ3v) is 3.72. The highest BCUT2D eigenvalue weighted by molar-refractivity contribution is 5.96. The van der Waals surface area contributed by atoms with E-state index in [-0.39, 0.29) is 18.2 Å². The highest BCUT2D eigenvalue weighted by Crippen LogP contribution is 2.03. The molecule has 3 saturated heterocycles. The van der Waals surface area contributed by atoms with Crippen molar-refractivity contribution in [2.45, 2.75) is 19.3 Å². The minimum absolute atomic E-state index is 0.0556. The fraction of sp³-hybridized carbons (Fsp3) is 0.846. The highest BCUT2D eigenvalue weighted by atomic mass is 16.2. The fourth-order valence-electron chi connectivity index (χ4n) is 2.68. The molecule has 2 N–H and O–H groups in total. The van der Waals surface area contributed by atoms with Crippen molar-refractivity contribution in [3.63, 3.8) is 0 Å². The number of hydrogen-bond acceptors (Lipinski definition) is 4. The molecule has 0 atom stereocenters. The maximum absolute atomic E-state index is 11.5. The minimum atomic E-state index is -0.177. The number of hydrogen-bond donors (Lipinski definition) is 2. The number of nitrogens with zero attached hydrogens (tertiary/aromatic N) is 2. The summed E-state index contributed by atoms with van der Waals surface area (Å²) in [5.74, 6) is -0.355. The summed E-state index contributed by atoms with van der Waals surface area (Å²) in [6.45, 7) is 7.42. The molecule has 3 aliphatic heterocycles. The second-order valence-electron chi connectivity index (χ2n) is 5.27. The summed E-state index contributed by atoms with van der Waals surface area (Å²) in [5, 5.41) is 5.63. The van der Waals surface area contributed by atoms with Crippen molar-refractivity contribution in [1.29, 1.82) is 0 Å². The van der Waals surface area contributed by atoms with E-state index in [9.17, 15) is 9.59 Å². The van der Waals surface area contributed by atoms with Crippen LogP contribution in [0.3, 0.4) is 0 Å². The summed E-state index contributed by atoms with van der Waals surface area (Å²) < 4.78 is 0. The molecule has 0 aromatic heterocycles. The van der Waals surface area contributed by atoms with Gasteiger partial charge in [0.05, 0.1) is 0 Å². The average Bonchev–Trinajstić information content (AvgIpc) is 2.33. The van der Waals surface area contributed by atoms with Gasteiger partial charge in [0.2, 0.25) is 11.8 Å². The fourth-order valence-corrected chi connectivity index (χ4v) is 2.68. The van der Waals surface area contributed by atoms with Crippen LogP contribution in [0.15, 0.2) is 0 Å². The van der Waals surface area contributed by atoms with Crippen molar-refractivity contribution < 1.29 is 9.59 Å².